The summed E-state index contributed by atoms with van der Waals surface area (Å²) >= 11 is 0. The van der Waals surface area contributed by atoms with Gasteiger partial charge in [0, 0.05) is 13.0 Å². The minimum atomic E-state index is 0.0576. The van der Waals surface area contributed by atoms with Crippen molar-refractivity contribution in [1.29, 1.82) is 0 Å². The zero-order valence-corrected chi connectivity index (χ0v) is 7.61. The van der Waals surface area contributed by atoms with Crippen LogP contribution in [0.5, 0.6) is 0 Å². The Morgan fingerprint density at radius 3 is 2.83 bits per heavy atom. The summed E-state index contributed by atoms with van der Waals surface area (Å²) in [5.74, 6) is 0.173. The van der Waals surface area contributed by atoms with Crippen LogP contribution in [0, 0.1) is 5.92 Å². The van der Waals surface area contributed by atoms with Crippen molar-refractivity contribution in [1.82, 2.24) is 15.0 Å². The molecule has 1 heterocycles. The van der Waals surface area contributed by atoms with Crippen LogP contribution in [0.4, 0.5) is 0 Å². The van der Waals surface area contributed by atoms with Crippen LogP contribution in [0.15, 0.2) is 6.20 Å². The van der Waals surface area contributed by atoms with Gasteiger partial charge in [-0.25, -0.2) is 4.68 Å². The molecule has 0 aliphatic carbocycles. The van der Waals surface area contributed by atoms with Crippen LogP contribution in [0.2, 0.25) is 0 Å². The number of aromatic nitrogens is 3. The number of aryl methyl sites for hydroxylation is 1. The molecule has 0 fully saturated rings. The molecule has 1 atom stereocenters. The Balaban J connectivity index is 2.85. The second kappa shape index (κ2) is 3.47. The first kappa shape index (κ1) is 8.90. The fourth-order valence-corrected chi connectivity index (χ4v) is 0.951. The molecule has 0 saturated carbocycles. The van der Waals surface area contributed by atoms with Crippen LogP contribution in [-0.2, 0) is 7.05 Å². The van der Waals surface area contributed by atoms with E-state index in [2.05, 4.69) is 10.3 Å². The number of nitrogens with zero attached hydrogens (tertiary/aromatic N) is 3. The molecule has 0 radical (unpaired) electrons. The van der Waals surface area contributed by atoms with Crippen LogP contribution in [0.3, 0.4) is 0 Å². The van der Waals surface area contributed by atoms with E-state index >= 15 is 0 Å². The van der Waals surface area contributed by atoms with Crippen LogP contribution < -0.4 is 0 Å². The molecule has 4 heteroatoms. The van der Waals surface area contributed by atoms with Gasteiger partial charge in [-0.15, -0.1) is 5.10 Å². The van der Waals surface area contributed by atoms with E-state index in [-0.39, 0.29) is 11.7 Å². The molecule has 12 heavy (non-hydrogen) atoms. The van der Waals surface area contributed by atoms with E-state index < -0.39 is 0 Å². The summed E-state index contributed by atoms with van der Waals surface area (Å²) in [5, 5.41) is 7.35. The van der Waals surface area contributed by atoms with E-state index in [4.69, 9.17) is 0 Å². The largest absolute Gasteiger partial charge is 0.292 e. The lowest BCUT2D eigenvalue weighted by molar-refractivity contribution is 0.0917. The van der Waals surface area contributed by atoms with Crippen molar-refractivity contribution in [3.05, 3.63) is 11.9 Å². The Morgan fingerprint density at radius 2 is 2.42 bits per heavy atom. The molecule has 0 spiro atoms. The summed E-state index contributed by atoms with van der Waals surface area (Å²) < 4.78 is 1.51. The van der Waals surface area contributed by atoms with E-state index in [0.29, 0.717) is 5.69 Å². The Hall–Kier alpha value is -1.19. The van der Waals surface area contributed by atoms with Crippen molar-refractivity contribution in [3.8, 4) is 0 Å². The molecule has 0 saturated heterocycles. The molecule has 0 amide bonds. The number of carbonyl (C=O) groups is 1. The average Bonchev–Trinajstić information content (AvgIpc) is 2.48. The maximum absolute atomic E-state index is 11.6. The van der Waals surface area contributed by atoms with Crippen LogP contribution in [0.25, 0.3) is 0 Å². The fraction of sp³-hybridized carbons (Fsp3) is 0.625. The van der Waals surface area contributed by atoms with E-state index in [1.165, 1.54) is 10.9 Å². The summed E-state index contributed by atoms with van der Waals surface area (Å²) in [7, 11) is 1.72. The van der Waals surface area contributed by atoms with Gasteiger partial charge in [-0.1, -0.05) is 19.1 Å². The highest BCUT2D eigenvalue weighted by atomic mass is 16.1. The third-order valence-corrected chi connectivity index (χ3v) is 2.03. The number of Topliss-reactive ketones (excluding diaryl/α,β-unsaturated/α-hetero) is 1. The first-order valence-corrected chi connectivity index (χ1v) is 4.05. The average molecular weight is 167 g/mol. The molecule has 66 valence electrons. The summed E-state index contributed by atoms with van der Waals surface area (Å²) in [6, 6.07) is 0. The van der Waals surface area contributed by atoms with Crippen molar-refractivity contribution in [2.24, 2.45) is 13.0 Å². The maximum atomic E-state index is 11.6. The third kappa shape index (κ3) is 1.52. The Bertz CT molecular complexity index is 280. The molecular formula is C8H13N3O. The van der Waals surface area contributed by atoms with Crippen LogP contribution >= 0.6 is 0 Å². The van der Waals surface area contributed by atoms with Gasteiger partial charge in [0.25, 0.3) is 0 Å². The zero-order chi connectivity index (χ0) is 9.14. The van der Waals surface area contributed by atoms with Gasteiger partial charge in [-0.05, 0) is 6.42 Å². The number of hydrogen-bond donors (Lipinski definition) is 0. The fourth-order valence-electron chi connectivity index (χ4n) is 0.951. The molecule has 1 unspecified atom stereocenters. The monoisotopic (exact) mass is 167 g/mol. The molecule has 0 bridgehead atoms. The molecule has 1 aromatic heterocycles. The molecule has 0 aliphatic heterocycles. The van der Waals surface area contributed by atoms with Crippen molar-refractivity contribution in [2.75, 3.05) is 0 Å². The van der Waals surface area contributed by atoms with Crippen LogP contribution in [-0.4, -0.2) is 20.8 Å². The van der Waals surface area contributed by atoms with E-state index in [1.807, 2.05) is 13.8 Å². The number of rotatable bonds is 3. The third-order valence-electron chi connectivity index (χ3n) is 2.03. The van der Waals surface area contributed by atoms with Crippen molar-refractivity contribution < 1.29 is 4.79 Å². The standard InChI is InChI=1S/C8H13N3O/c1-4-6(2)8(12)7-5-9-10-11(7)3/h5-6H,4H2,1-3H3. The lowest BCUT2D eigenvalue weighted by Gasteiger charge is -2.05. The Labute approximate surface area is 71.6 Å². The van der Waals surface area contributed by atoms with Gasteiger partial charge in [0.15, 0.2) is 5.78 Å². The summed E-state index contributed by atoms with van der Waals surface area (Å²) in [6.07, 6.45) is 2.36. The molecule has 1 rings (SSSR count). The van der Waals surface area contributed by atoms with Gasteiger partial charge in [-0.2, -0.15) is 0 Å². The van der Waals surface area contributed by atoms with E-state index in [0.717, 1.165) is 6.42 Å². The van der Waals surface area contributed by atoms with Gasteiger partial charge in [-0.3, -0.25) is 4.79 Å². The van der Waals surface area contributed by atoms with Gasteiger partial charge in [0.1, 0.15) is 5.69 Å². The normalized spacial score (nSPS) is 12.9. The summed E-state index contributed by atoms with van der Waals surface area (Å²) in [4.78, 5) is 11.6. The molecule has 0 aliphatic rings. The highest BCUT2D eigenvalue weighted by molar-refractivity contribution is 5.95. The quantitative estimate of drug-likeness (QED) is 0.632. The SMILES string of the molecule is CCC(C)C(=O)c1cnnn1C. The minimum absolute atomic E-state index is 0.0576. The van der Waals surface area contributed by atoms with E-state index in [9.17, 15) is 4.79 Å². The summed E-state index contributed by atoms with van der Waals surface area (Å²) in [6.45, 7) is 3.90. The minimum Gasteiger partial charge on any atom is -0.292 e. The molecule has 4 nitrogen and oxygen atoms in total. The molecule has 1 aromatic rings. The maximum Gasteiger partial charge on any atom is 0.185 e. The van der Waals surface area contributed by atoms with Crippen molar-refractivity contribution >= 4 is 5.78 Å². The number of hydrogen-bond acceptors (Lipinski definition) is 3. The predicted octanol–water partition coefficient (Wildman–Crippen LogP) is 1.04. The lowest BCUT2D eigenvalue weighted by Crippen LogP contribution is -2.14. The second-order valence-corrected chi connectivity index (χ2v) is 2.92. The number of carbonyl (C=O) groups excluding carboxylic acids is 1. The predicted molar refractivity (Wildman–Crippen MR) is 44.8 cm³/mol. The molecule has 0 N–H and O–H groups in total. The highest BCUT2D eigenvalue weighted by Gasteiger charge is 2.16. The van der Waals surface area contributed by atoms with Gasteiger partial charge >= 0.3 is 0 Å². The summed E-state index contributed by atoms with van der Waals surface area (Å²) in [5.41, 5.74) is 0.587. The number of ketones is 1. The zero-order valence-electron chi connectivity index (χ0n) is 7.61. The second-order valence-electron chi connectivity index (χ2n) is 2.92. The highest BCUT2D eigenvalue weighted by Crippen LogP contribution is 2.09. The first-order chi connectivity index (χ1) is 5.66. The smallest absolute Gasteiger partial charge is 0.185 e. The first-order valence-electron chi connectivity index (χ1n) is 4.05. The topological polar surface area (TPSA) is 47.8 Å². The van der Waals surface area contributed by atoms with Gasteiger partial charge < -0.3 is 0 Å². The molecule has 0 aromatic carbocycles. The van der Waals surface area contributed by atoms with Gasteiger partial charge in [0.2, 0.25) is 0 Å². The lowest BCUT2D eigenvalue weighted by atomic mass is 10.0. The Morgan fingerprint density at radius 1 is 1.75 bits per heavy atom. The van der Waals surface area contributed by atoms with Gasteiger partial charge in [0.05, 0.1) is 6.20 Å². The van der Waals surface area contributed by atoms with E-state index in [1.54, 1.807) is 7.05 Å². The molecular weight excluding hydrogens is 154 g/mol. The van der Waals surface area contributed by atoms with Crippen molar-refractivity contribution in [2.45, 2.75) is 20.3 Å². The van der Waals surface area contributed by atoms with Crippen molar-refractivity contribution in [3.63, 3.8) is 0 Å². The Kier molecular flexibility index (Phi) is 2.58. The van der Waals surface area contributed by atoms with Crippen LogP contribution in [0.1, 0.15) is 30.8 Å².